The SMILES string of the molecule is COc1ccc(OCC2CCC(c3ccc(OC)c(F)c3F)CC2)c(F)c1F. The fraction of sp³-hybridized carbons (Fsp3) is 0.429. The van der Waals surface area contributed by atoms with Gasteiger partial charge in [-0.05, 0) is 61.3 Å². The molecular formula is C21H22F4O3. The van der Waals surface area contributed by atoms with Crippen molar-refractivity contribution in [2.75, 3.05) is 20.8 Å². The van der Waals surface area contributed by atoms with Crippen molar-refractivity contribution in [1.82, 2.24) is 0 Å². The van der Waals surface area contributed by atoms with Gasteiger partial charge in [-0.1, -0.05) is 6.07 Å². The molecule has 1 saturated carbocycles. The first-order chi connectivity index (χ1) is 13.5. The quantitative estimate of drug-likeness (QED) is 0.592. The summed E-state index contributed by atoms with van der Waals surface area (Å²) in [6, 6.07) is 5.64. The topological polar surface area (TPSA) is 27.7 Å². The van der Waals surface area contributed by atoms with Crippen molar-refractivity contribution in [2.24, 2.45) is 5.92 Å². The molecule has 0 spiro atoms. The van der Waals surface area contributed by atoms with Gasteiger partial charge in [-0.15, -0.1) is 0 Å². The van der Waals surface area contributed by atoms with Crippen LogP contribution in [0.3, 0.4) is 0 Å². The molecule has 0 aromatic heterocycles. The molecule has 2 aromatic carbocycles. The van der Waals surface area contributed by atoms with Crippen LogP contribution in [0.15, 0.2) is 24.3 Å². The lowest BCUT2D eigenvalue weighted by molar-refractivity contribution is 0.191. The van der Waals surface area contributed by atoms with Crippen LogP contribution in [-0.4, -0.2) is 20.8 Å². The van der Waals surface area contributed by atoms with Crippen molar-refractivity contribution < 1.29 is 31.8 Å². The highest BCUT2D eigenvalue weighted by Gasteiger charge is 2.27. The molecular weight excluding hydrogens is 376 g/mol. The maximum atomic E-state index is 14.3. The summed E-state index contributed by atoms with van der Waals surface area (Å²) in [5.41, 5.74) is 0.348. The Morgan fingerprint density at radius 1 is 0.714 bits per heavy atom. The van der Waals surface area contributed by atoms with Crippen molar-refractivity contribution in [3.63, 3.8) is 0 Å². The van der Waals surface area contributed by atoms with E-state index in [1.807, 2.05) is 0 Å². The van der Waals surface area contributed by atoms with Crippen molar-refractivity contribution in [2.45, 2.75) is 31.6 Å². The summed E-state index contributed by atoms with van der Waals surface area (Å²) in [6.45, 7) is 0.231. The Balaban J connectivity index is 1.58. The van der Waals surface area contributed by atoms with Crippen LogP contribution in [0.2, 0.25) is 0 Å². The average Bonchev–Trinajstić information content (AvgIpc) is 2.72. The Kier molecular flexibility index (Phi) is 6.31. The molecule has 0 N–H and O–H groups in total. The molecule has 0 radical (unpaired) electrons. The van der Waals surface area contributed by atoms with E-state index < -0.39 is 23.3 Å². The molecule has 0 bridgehead atoms. The molecule has 3 rings (SSSR count). The van der Waals surface area contributed by atoms with Crippen LogP contribution in [0, 0.1) is 29.2 Å². The first-order valence-corrected chi connectivity index (χ1v) is 9.12. The molecule has 2 aromatic rings. The number of methoxy groups -OCH3 is 2. The molecule has 0 saturated heterocycles. The fourth-order valence-corrected chi connectivity index (χ4v) is 3.65. The van der Waals surface area contributed by atoms with Gasteiger partial charge in [0.05, 0.1) is 20.8 Å². The van der Waals surface area contributed by atoms with Crippen molar-refractivity contribution >= 4 is 0 Å². The van der Waals surface area contributed by atoms with E-state index >= 15 is 0 Å². The molecule has 0 amide bonds. The van der Waals surface area contributed by atoms with Crippen molar-refractivity contribution in [3.05, 3.63) is 53.1 Å². The van der Waals surface area contributed by atoms with E-state index in [1.54, 1.807) is 6.07 Å². The van der Waals surface area contributed by atoms with Gasteiger partial charge in [0.15, 0.2) is 23.1 Å². The molecule has 7 heteroatoms. The van der Waals surface area contributed by atoms with Crippen LogP contribution in [-0.2, 0) is 0 Å². The molecule has 0 heterocycles. The van der Waals surface area contributed by atoms with Gasteiger partial charge in [0, 0.05) is 0 Å². The Labute approximate surface area is 161 Å². The summed E-state index contributed by atoms with van der Waals surface area (Å²) in [5, 5.41) is 0. The highest BCUT2D eigenvalue weighted by atomic mass is 19.2. The molecule has 0 atom stereocenters. The zero-order valence-electron chi connectivity index (χ0n) is 15.7. The number of ether oxygens (including phenoxy) is 3. The summed E-state index contributed by atoms with van der Waals surface area (Å²) < 4.78 is 70.9. The van der Waals surface area contributed by atoms with E-state index in [0.717, 1.165) is 12.8 Å². The molecule has 0 unspecified atom stereocenters. The van der Waals surface area contributed by atoms with Crippen molar-refractivity contribution in [1.29, 1.82) is 0 Å². The summed E-state index contributed by atoms with van der Waals surface area (Å²) >= 11 is 0. The maximum absolute atomic E-state index is 14.3. The zero-order valence-corrected chi connectivity index (χ0v) is 15.7. The lowest BCUT2D eigenvalue weighted by atomic mass is 9.79. The Morgan fingerprint density at radius 3 is 1.82 bits per heavy atom. The fourth-order valence-electron chi connectivity index (χ4n) is 3.65. The van der Waals surface area contributed by atoms with E-state index in [9.17, 15) is 17.6 Å². The van der Waals surface area contributed by atoms with Gasteiger partial charge in [0.1, 0.15) is 0 Å². The van der Waals surface area contributed by atoms with Gasteiger partial charge in [0.2, 0.25) is 17.5 Å². The highest BCUT2D eigenvalue weighted by Crippen LogP contribution is 2.39. The number of rotatable bonds is 6. The minimum Gasteiger partial charge on any atom is -0.494 e. The third-order valence-electron chi connectivity index (χ3n) is 5.29. The average molecular weight is 398 g/mol. The molecule has 1 aliphatic carbocycles. The number of halogens is 4. The first kappa shape index (κ1) is 20.3. The summed E-state index contributed by atoms with van der Waals surface area (Å²) in [4.78, 5) is 0. The molecule has 3 nitrogen and oxygen atoms in total. The summed E-state index contributed by atoms with van der Waals surface area (Å²) in [5.74, 6) is -4.42. The summed E-state index contributed by atoms with van der Waals surface area (Å²) in [7, 11) is 2.55. The normalized spacial score (nSPS) is 19.4. The minimum absolute atomic E-state index is 0.0909. The van der Waals surface area contributed by atoms with Gasteiger partial charge in [-0.2, -0.15) is 13.2 Å². The second kappa shape index (κ2) is 8.71. The van der Waals surface area contributed by atoms with Crippen LogP contribution in [0.4, 0.5) is 17.6 Å². The number of hydrogen-bond acceptors (Lipinski definition) is 3. The van der Waals surface area contributed by atoms with Crippen LogP contribution < -0.4 is 14.2 Å². The standard InChI is InChI=1S/C21H22F4O3/c1-26-15-8-7-14(18(22)19(15)23)13-5-3-12(4-6-13)11-28-17-10-9-16(27-2)20(24)21(17)25/h7-10,12-13H,3-6,11H2,1-2H3. The third kappa shape index (κ3) is 4.03. The Morgan fingerprint density at radius 2 is 1.21 bits per heavy atom. The van der Waals surface area contributed by atoms with E-state index in [0.29, 0.717) is 18.4 Å². The Hall–Kier alpha value is -2.44. The van der Waals surface area contributed by atoms with Gasteiger partial charge in [-0.3, -0.25) is 0 Å². The van der Waals surface area contributed by atoms with Gasteiger partial charge >= 0.3 is 0 Å². The minimum atomic E-state index is -1.08. The molecule has 28 heavy (non-hydrogen) atoms. The monoisotopic (exact) mass is 398 g/mol. The van der Waals surface area contributed by atoms with E-state index in [4.69, 9.17) is 14.2 Å². The number of hydrogen-bond donors (Lipinski definition) is 0. The van der Waals surface area contributed by atoms with Gasteiger partial charge < -0.3 is 14.2 Å². The second-order valence-corrected chi connectivity index (χ2v) is 6.91. The Bertz CT molecular complexity index is 833. The molecule has 1 aliphatic rings. The largest absolute Gasteiger partial charge is 0.494 e. The van der Waals surface area contributed by atoms with Gasteiger partial charge in [0.25, 0.3) is 0 Å². The highest BCUT2D eigenvalue weighted by molar-refractivity contribution is 5.35. The predicted octanol–water partition coefficient (Wildman–Crippen LogP) is 5.61. The molecule has 152 valence electrons. The smallest absolute Gasteiger partial charge is 0.204 e. The second-order valence-electron chi connectivity index (χ2n) is 6.91. The van der Waals surface area contributed by atoms with Crippen LogP contribution in [0.1, 0.15) is 37.2 Å². The van der Waals surface area contributed by atoms with Crippen LogP contribution in [0.5, 0.6) is 17.2 Å². The first-order valence-electron chi connectivity index (χ1n) is 9.12. The summed E-state index contributed by atoms with van der Waals surface area (Å²) in [6.07, 6.45) is 2.77. The lowest BCUT2D eigenvalue weighted by Crippen LogP contribution is -2.20. The van der Waals surface area contributed by atoms with Gasteiger partial charge in [-0.25, -0.2) is 4.39 Å². The third-order valence-corrected chi connectivity index (χ3v) is 5.29. The van der Waals surface area contributed by atoms with E-state index in [-0.39, 0.29) is 35.7 Å². The zero-order chi connectivity index (χ0) is 20.3. The van der Waals surface area contributed by atoms with E-state index in [2.05, 4.69) is 0 Å². The van der Waals surface area contributed by atoms with Crippen LogP contribution in [0.25, 0.3) is 0 Å². The number of benzene rings is 2. The van der Waals surface area contributed by atoms with E-state index in [1.165, 1.54) is 32.4 Å². The van der Waals surface area contributed by atoms with Crippen LogP contribution >= 0.6 is 0 Å². The van der Waals surface area contributed by atoms with Crippen molar-refractivity contribution in [3.8, 4) is 17.2 Å². The molecule has 0 aliphatic heterocycles. The predicted molar refractivity (Wildman–Crippen MR) is 96.0 cm³/mol. The lowest BCUT2D eigenvalue weighted by Gasteiger charge is -2.29. The maximum Gasteiger partial charge on any atom is 0.204 e. The molecule has 1 fully saturated rings.